The summed E-state index contributed by atoms with van der Waals surface area (Å²) in [6.45, 7) is 3.93. The largest absolute Gasteiger partial charge is 0.347 e. The lowest BCUT2D eigenvalue weighted by Crippen LogP contribution is -2.57. The second-order valence-corrected chi connectivity index (χ2v) is 7.87. The van der Waals surface area contributed by atoms with Crippen LogP contribution < -0.4 is 11.1 Å². The first kappa shape index (κ1) is 15.8. The Morgan fingerprint density at radius 2 is 2.08 bits per heavy atom. The van der Waals surface area contributed by atoms with Crippen molar-refractivity contribution in [2.45, 2.75) is 25.4 Å². The summed E-state index contributed by atoms with van der Waals surface area (Å²) in [4.78, 5) is 17.0. The number of nitrogens with one attached hydrogen (secondary N) is 1. The van der Waals surface area contributed by atoms with Gasteiger partial charge in [-0.15, -0.1) is 11.3 Å². The molecule has 5 heteroatoms. The first-order valence-corrected chi connectivity index (χ1v) is 9.47. The van der Waals surface area contributed by atoms with Crippen LogP contribution in [0.15, 0.2) is 36.4 Å². The Balaban J connectivity index is 1.47. The molecule has 0 spiro atoms. The van der Waals surface area contributed by atoms with E-state index in [9.17, 15) is 4.79 Å². The molecule has 5 rings (SSSR count). The third-order valence-corrected chi connectivity index (χ3v) is 6.38. The Bertz CT molecular complexity index is 734. The predicted octanol–water partition coefficient (Wildman–Crippen LogP) is 2.70. The van der Waals surface area contributed by atoms with Crippen LogP contribution in [0.4, 0.5) is 0 Å². The maximum Gasteiger partial charge on any atom is 0.261 e. The molecule has 3 aliphatic rings. The molecule has 1 aromatic carbocycles. The van der Waals surface area contributed by atoms with Gasteiger partial charge in [-0.3, -0.25) is 4.79 Å². The Morgan fingerprint density at radius 1 is 1.25 bits per heavy atom. The van der Waals surface area contributed by atoms with Crippen LogP contribution in [0, 0.1) is 5.92 Å². The van der Waals surface area contributed by atoms with E-state index >= 15 is 0 Å². The minimum atomic E-state index is 0.0694. The molecule has 24 heavy (non-hydrogen) atoms. The topological polar surface area (TPSA) is 58.4 Å². The number of carbonyl (C=O) groups excluding carboxylic acids is 1. The van der Waals surface area contributed by atoms with Crippen molar-refractivity contribution in [2.75, 3.05) is 19.6 Å². The Kier molecular flexibility index (Phi) is 4.39. The molecule has 3 aliphatic heterocycles. The van der Waals surface area contributed by atoms with Crippen LogP contribution in [-0.4, -0.2) is 36.5 Å². The molecule has 1 aromatic heterocycles. The molecule has 0 saturated carbocycles. The number of nitrogens with zero attached hydrogens (tertiary/aromatic N) is 1. The standard InChI is InChI=1S/C19H23N3OS/c20-11-13-2-1-3-15(10-13)17-4-5-18(24-17)19(23)21-16-12-22-8-6-14(16)7-9-22/h1-5,10,14,16H,6-9,11-12,20H2,(H,21,23). The lowest BCUT2D eigenvalue weighted by molar-refractivity contribution is 0.0622. The lowest BCUT2D eigenvalue weighted by atomic mass is 9.84. The van der Waals surface area contributed by atoms with Crippen molar-refractivity contribution in [1.29, 1.82) is 0 Å². The highest BCUT2D eigenvalue weighted by atomic mass is 32.1. The van der Waals surface area contributed by atoms with Gasteiger partial charge in [-0.25, -0.2) is 0 Å². The highest BCUT2D eigenvalue weighted by Crippen LogP contribution is 2.30. The van der Waals surface area contributed by atoms with E-state index in [1.54, 1.807) is 11.3 Å². The average molecular weight is 341 g/mol. The summed E-state index contributed by atoms with van der Waals surface area (Å²) in [5, 5.41) is 3.26. The Labute approximate surface area is 146 Å². The molecule has 1 atom stereocenters. The number of carbonyl (C=O) groups is 1. The number of hydrogen-bond acceptors (Lipinski definition) is 4. The van der Waals surface area contributed by atoms with Crippen LogP contribution in [0.2, 0.25) is 0 Å². The van der Waals surface area contributed by atoms with Gasteiger partial charge in [0.1, 0.15) is 0 Å². The number of thiophene rings is 1. The smallest absolute Gasteiger partial charge is 0.261 e. The maximum atomic E-state index is 12.6. The number of amides is 1. The van der Waals surface area contributed by atoms with Crippen molar-refractivity contribution < 1.29 is 4.79 Å². The number of fused-ring (bicyclic) bond motifs is 3. The molecule has 1 amide bonds. The van der Waals surface area contributed by atoms with Gasteiger partial charge in [0, 0.05) is 24.0 Å². The van der Waals surface area contributed by atoms with Crippen LogP contribution in [0.1, 0.15) is 28.1 Å². The molecular formula is C19H23N3OS. The highest BCUT2D eigenvalue weighted by Gasteiger charge is 2.35. The number of benzene rings is 1. The van der Waals surface area contributed by atoms with Crippen molar-refractivity contribution >= 4 is 17.2 Å². The summed E-state index contributed by atoms with van der Waals surface area (Å²) >= 11 is 1.56. The van der Waals surface area contributed by atoms with Crippen molar-refractivity contribution in [2.24, 2.45) is 11.7 Å². The third kappa shape index (κ3) is 3.11. The van der Waals surface area contributed by atoms with Crippen molar-refractivity contribution in [3.8, 4) is 10.4 Å². The summed E-state index contributed by atoms with van der Waals surface area (Å²) in [5.74, 6) is 0.722. The first-order valence-electron chi connectivity index (χ1n) is 8.65. The van der Waals surface area contributed by atoms with Gasteiger partial charge >= 0.3 is 0 Å². The molecule has 3 fully saturated rings. The van der Waals surface area contributed by atoms with E-state index in [0.29, 0.717) is 18.5 Å². The van der Waals surface area contributed by atoms with Gasteiger partial charge in [-0.05, 0) is 61.2 Å². The fraction of sp³-hybridized carbons (Fsp3) is 0.421. The van der Waals surface area contributed by atoms with Crippen LogP contribution in [0.3, 0.4) is 0 Å². The van der Waals surface area contributed by atoms with E-state index in [0.717, 1.165) is 27.4 Å². The van der Waals surface area contributed by atoms with Gasteiger partial charge in [-0.2, -0.15) is 0 Å². The van der Waals surface area contributed by atoms with E-state index in [2.05, 4.69) is 22.3 Å². The fourth-order valence-corrected chi connectivity index (χ4v) is 4.74. The maximum absolute atomic E-state index is 12.6. The molecule has 3 saturated heterocycles. The normalized spacial score (nSPS) is 25.6. The number of nitrogens with two attached hydrogens (primary N) is 1. The Morgan fingerprint density at radius 3 is 2.79 bits per heavy atom. The molecular weight excluding hydrogens is 318 g/mol. The van der Waals surface area contributed by atoms with Crippen LogP contribution in [0.25, 0.3) is 10.4 Å². The molecule has 4 nitrogen and oxygen atoms in total. The highest BCUT2D eigenvalue weighted by molar-refractivity contribution is 7.17. The van der Waals surface area contributed by atoms with Gasteiger partial charge in [0.15, 0.2) is 0 Å². The zero-order valence-electron chi connectivity index (χ0n) is 13.7. The summed E-state index contributed by atoms with van der Waals surface area (Å²) in [6.07, 6.45) is 2.43. The van der Waals surface area contributed by atoms with Gasteiger partial charge in [0.2, 0.25) is 0 Å². The minimum absolute atomic E-state index is 0.0694. The summed E-state index contributed by atoms with van der Waals surface area (Å²) in [5.41, 5.74) is 7.96. The van der Waals surface area contributed by atoms with E-state index in [1.807, 2.05) is 24.3 Å². The zero-order chi connectivity index (χ0) is 16.5. The van der Waals surface area contributed by atoms with Crippen LogP contribution in [-0.2, 0) is 6.54 Å². The van der Waals surface area contributed by atoms with Gasteiger partial charge in [0.05, 0.1) is 4.88 Å². The van der Waals surface area contributed by atoms with Gasteiger partial charge in [-0.1, -0.05) is 18.2 Å². The van der Waals surface area contributed by atoms with Gasteiger partial charge in [0.25, 0.3) is 5.91 Å². The molecule has 0 radical (unpaired) electrons. The second-order valence-electron chi connectivity index (χ2n) is 6.79. The lowest BCUT2D eigenvalue weighted by Gasteiger charge is -2.44. The zero-order valence-corrected chi connectivity index (χ0v) is 14.5. The van der Waals surface area contributed by atoms with E-state index in [-0.39, 0.29) is 5.91 Å². The van der Waals surface area contributed by atoms with Crippen LogP contribution >= 0.6 is 11.3 Å². The molecule has 2 aromatic rings. The third-order valence-electron chi connectivity index (χ3n) is 5.25. The first-order chi connectivity index (χ1) is 11.7. The number of piperidine rings is 3. The van der Waals surface area contributed by atoms with E-state index in [1.165, 1.54) is 25.9 Å². The molecule has 2 bridgehead atoms. The fourth-order valence-electron chi connectivity index (χ4n) is 3.83. The minimum Gasteiger partial charge on any atom is -0.347 e. The molecule has 126 valence electrons. The van der Waals surface area contributed by atoms with Crippen molar-refractivity contribution in [3.05, 3.63) is 46.8 Å². The van der Waals surface area contributed by atoms with Crippen molar-refractivity contribution in [3.63, 3.8) is 0 Å². The number of rotatable bonds is 4. The quantitative estimate of drug-likeness (QED) is 0.899. The van der Waals surface area contributed by atoms with Gasteiger partial charge < -0.3 is 16.0 Å². The Hall–Kier alpha value is -1.69. The molecule has 4 heterocycles. The van der Waals surface area contributed by atoms with E-state index in [4.69, 9.17) is 5.73 Å². The second kappa shape index (κ2) is 6.67. The average Bonchev–Trinajstić information content (AvgIpc) is 3.13. The predicted molar refractivity (Wildman–Crippen MR) is 98.1 cm³/mol. The van der Waals surface area contributed by atoms with Crippen molar-refractivity contribution in [1.82, 2.24) is 10.2 Å². The SMILES string of the molecule is NCc1cccc(-c2ccc(C(=O)NC3CN4CCC3CC4)s2)c1. The summed E-state index contributed by atoms with van der Waals surface area (Å²) in [7, 11) is 0. The van der Waals surface area contributed by atoms with E-state index < -0.39 is 0 Å². The molecule has 3 N–H and O–H groups in total. The van der Waals surface area contributed by atoms with Crippen LogP contribution in [0.5, 0.6) is 0 Å². The molecule has 1 unspecified atom stereocenters. The summed E-state index contributed by atoms with van der Waals surface area (Å²) in [6, 6.07) is 12.5. The monoisotopic (exact) mass is 341 g/mol. The summed E-state index contributed by atoms with van der Waals surface area (Å²) < 4.78 is 0. The molecule has 0 aliphatic carbocycles. The number of hydrogen-bond donors (Lipinski definition) is 2.